The second-order valence-electron chi connectivity index (χ2n) is 3.72. The average Bonchev–Trinajstić information content (AvgIpc) is 2.39. The molecule has 0 radical (unpaired) electrons. The maximum absolute atomic E-state index is 12.9. The highest BCUT2D eigenvalue weighted by Gasteiger charge is 2.17. The van der Waals surface area contributed by atoms with E-state index in [0.29, 0.717) is 5.56 Å². The summed E-state index contributed by atoms with van der Waals surface area (Å²) < 4.78 is 12.9. The van der Waals surface area contributed by atoms with E-state index in [1.54, 1.807) is 6.07 Å². The molecule has 2 aromatic rings. The summed E-state index contributed by atoms with van der Waals surface area (Å²) in [5, 5.41) is 18.1. The van der Waals surface area contributed by atoms with Crippen molar-refractivity contribution >= 4 is 5.82 Å². The molecule has 0 aliphatic rings. The Labute approximate surface area is 107 Å². The third-order valence-corrected chi connectivity index (χ3v) is 2.60. The number of pyridine rings is 1. The maximum atomic E-state index is 12.9. The summed E-state index contributed by atoms with van der Waals surface area (Å²) in [6.07, 6.45) is 0. The SMILES string of the molecule is N#Cc1c(N)[nH]c(=O)c(C#N)c1-c1ccc(F)cc1. The number of rotatable bonds is 1. The molecule has 0 saturated carbocycles. The number of aromatic amines is 1. The number of nitrogens with two attached hydrogens (primary N) is 1. The fraction of sp³-hybridized carbons (Fsp3) is 0. The summed E-state index contributed by atoms with van der Waals surface area (Å²) in [7, 11) is 0. The highest BCUT2D eigenvalue weighted by molar-refractivity contribution is 5.79. The molecule has 1 aromatic carbocycles. The maximum Gasteiger partial charge on any atom is 0.268 e. The minimum absolute atomic E-state index is 0.0113. The number of nitriles is 2. The lowest BCUT2D eigenvalue weighted by atomic mass is 9.97. The van der Waals surface area contributed by atoms with Gasteiger partial charge in [0.2, 0.25) is 0 Å². The number of nitrogens with zero attached hydrogens (tertiary/aromatic N) is 2. The Morgan fingerprint density at radius 1 is 1.11 bits per heavy atom. The smallest absolute Gasteiger partial charge is 0.268 e. The molecule has 3 N–H and O–H groups in total. The van der Waals surface area contributed by atoms with Gasteiger partial charge in [0.1, 0.15) is 34.9 Å². The van der Waals surface area contributed by atoms with Gasteiger partial charge in [-0.15, -0.1) is 0 Å². The highest BCUT2D eigenvalue weighted by atomic mass is 19.1. The number of H-pyrrole nitrogens is 1. The van der Waals surface area contributed by atoms with E-state index in [1.165, 1.54) is 24.3 Å². The van der Waals surface area contributed by atoms with Gasteiger partial charge in [-0.3, -0.25) is 4.79 Å². The van der Waals surface area contributed by atoms with Crippen LogP contribution in [-0.2, 0) is 0 Å². The number of anilines is 1. The first-order valence-electron chi connectivity index (χ1n) is 5.20. The van der Waals surface area contributed by atoms with Crippen LogP contribution in [0.2, 0.25) is 0 Å². The van der Waals surface area contributed by atoms with E-state index >= 15 is 0 Å². The Hall–Kier alpha value is -3.12. The van der Waals surface area contributed by atoms with Gasteiger partial charge in [-0.1, -0.05) is 12.1 Å². The first-order chi connectivity index (χ1) is 9.08. The Morgan fingerprint density at radius 3 is 2.21 bits per heavy atom. The van der Waals surface area contributed by atoms with Crippen LogP contribution in [0.25, 0.3) is 11.1 Å². The zero-order valence-corrected chi connectivity index (χ0v) is 9.57. The summed E-state index contributed by atoms with van der Waals surface area (Å²) in [6, 6.07) is 8.69. The van der Waals surface area contributed by atoms with Crippen molar-refractivity contribution in [2.24, 2.45) is 0 Å². The molecule has 0 aliphatic heterocycles. The zero-order valence-electron chi connectivity index (χ0n) is 9.57. The lowest BCUT2D eigenvalue weighted by Gasteiger charge is -2.08. The van der Waals surface area contributed by atoms with Crippen LogP contribution in [0, 0.1) is 28.5 Å². The minimum Gasteiger partial charge on any atom is -0.384 e. The summed E-state index contributed by atoms with van der Waals surface area (Å²) in [4.78, 5) is 13.9. The van der Waals surface area contributed by atoms with Gasteiger partial charge in [-0.2, -0.15) is 10.5 Å². The van der Waals surface area contributed by atoms with Crippen molar-refractivity contribution < 1.29 is 4.39 Å². The molecule has 6 heteroatoms. The van der Waals surface area contributed by atoms with E-state index < -0.39 is 11.4 Å². The molecular formula is C13H7FN4O. The van der Waals surface area contributed by atoms with Gasteiger partial charge in [0.05, 0.1) is 0 Å². The summed E-state index contributed by atoms with van der Waals surface area (Å²) in [5.74, 6) is -0.579. The number of aromatic nitrogens is 1. The van der Waals surface area contributed by atoms with Gasteiger partial charge in [0, 0.05) is 5.56 Å². The van der Waals surface area contributed by atoms with Crippen LogP contribution >= 0.6 is 0 Å². The third-order valence-electron chi connectivity index (χ3n) is 2.60. The first kappa shape index (κ1) is 12.3. The number of hydrogen-bond donors (Lipinski definition) is 2. The largest absolute Gasteiger partial charge is 0.384 e. The van der Waals surface area contributed by atoms with Crippen molar-refractivity contribution in [1.29, 1.82) is 10.5 Å². The lowest BCUT2D eigenvalue weighted by Crippen LogP contribution is -2.16. The Balaban J connectivity index is 2.89. The first-order valence-corrected chi connectivity index (χ1v) is 5.20. The normalized spacial score (nSPS) is 9.63. The van der Waals surface area contributed by atoms with Gasteiger partial charge < -0.3 is 10.7 Å². The Morgan fingerprint density at radius 2 is 1.68 bits per heavy atom. The van der Waals surface area contributed by atoms with Gasteiger partial charge in [0.25, 0.3) is 5.56 Å². The molecule has 2 rings (SSSR count). The quantitative estimate of drug-likeness (QED) is 0.804. The van der Waals surface area contributed by atoms with Crippen LogP contribution in [0.4, 0.5) is 10.2 Å². The van der Waals surface area contributed by atoms with E-state index in [0.717, 1.165) is 0 Å². The molecule has 0 unspecified atom stereocenters. The minimum atomic E-state index is -0.682. The second-order valence-corrected chi connectivity index (χ2v) is 3.72. The van der Waals surface area contributed by atoms with Crippen molar-refractivity contribution in [2.45, 2.75) is 0 Å². The van der Waals surface area contributed by atoms with Crippen molar-refractivity contribution in [2.75, 3.05) is 5.73 Å². The monoisotopic (exact) mass is 254 g/mol. The molecule has 5 nitrogen and oxygen atoms in total. The summed E-state index contributed by atoms with van der Waals surface area (Å²) in [6.45, 7) is 0. The molecule has 0 amide bonds. The number of nitrogens with one attached hydrogen (secondary N) is 1. The molecule has 0 aliphatic carbocycles. The molecule has 19 heavy (non-hydrogen) atoms. The zero-order chi connectivity index (χ0) is 14.0. The van der Waals surface area contributed by atoms with Gasteiger partial charge >= 0.3 is 0 Å². The molecule has 0 fully saturated rings. The predicted molar refractivity (Wildman–Crippen MR) is 66.3 cm³/mol. The predicted octanol–water partition coefficient (Wildman–Crippen LogP) is 1.51. The average molecular weight is 254 g/mol. The number of nitrogen functional groups attached to an aromatic ring is 1. The molecular weight excluding hydrogens is 247 g/mol. The van der Waals surface area contributed by atoms with Crippen LogP contribution in [0.3, 0.4) is 0 Å². The number of benzene rings is 1. The Bertz CT molecular complexity index is 779. The fourth-order valence-electron chi connectivity index (χ4n) is 1.75. The van der Waals surface area contributed by atoms with Crippen molar-refractivity contribution in [3.05, 3.63) is 51.6 Å². The molecule has 0 bridgehead atoms. The number of halogens is 1. The second kappa shape index (κ2) is 4.63. The number of hydrogen-bond acceptors (Lipinski definition) is 4. The van der Waals surface area contributed by atoms with E-state index in [9.17, 15) is 9.18 Å². The standard InChI is InChI=1S/C13H7FN4O/c14-8-3-1-7(2-4-8)11-9(5-15)12(17)18-13(19)10(11)6-16/h1-4H,(H3,17,18,19). The molecule has 0 saturated heterocycles. The molecule has 92 valence electrons. The molecule has 0 spiro atoms. The van der Waals surface area contributed by atoms with Crippen molar-refractivity contribution in [1.82, 2.24) is 4.98 Å². The van der Waals surface area contributed by atoms with Crippen LogP contribution in [0.1, 0.15) is 11.1 Å². The van der Waals surface area contributed by atoms with E-state index in [2.05, 4.69) is 4.98 Å². The van der Waals surface area contributed by atoms with Crippen molar-refractivity contribution in [3.8, 4) is 23.3 Å². The van der Waals surface area contributed by atoms with Crippen molar-refractivity contribution in [3.63, 3.8) is 0 Å². The third kappa shape index (κ3) is 2.03. The summed E-state index contributed by atoms with van der Waals surface area (Å²) in [5.41, 5.74) is 5.14. The van der Waals surface area contributed by atoms with E-state index in [-0.39, 0.29) is 22.5 Å². The van der Waals surface area contributed by atoms with E-state index in [4.69, 9.17) is 16.3 Å². The van der Waals surface area contributed by atoms with Gasteiger partial charge in [-0.05, 0) is 17.7 Å². The molecule has 1 heterocycles. The molecule has 0 atom stereocenters. The van der Waals surface area contributed by atoms with Crippen LogP contribution < -0.4 is 11.3 Å². The van der Waals surface area contributed by atoms with Crippen LogP contribution in [0.5, 0.6) is 0 Å². The highest BCUT2D eigenvalue weighted by Crippen LogP contribution is 2.27. The molecule has 1 aromatic heterocycles. The topological polar surface area (TPSA) is 106 Å². The summed E-state index contributed by atoms with van der Waals surface area (Å²) >= 11 is 0. The Kier molecular flexibility index (Phi) is 3.01. The van der Waals surface area contributed by atoms with E-state index in [1.807, 2.05) is 6.07 Å². The van der Waals surface area contributed by atoms with Gasteiger partial charge in [0.15, 0.2) is 0 Å². The van der Waals surface area contributed by atoms with Gasteiger partial charge in [-0.25, -0.2) is 4.39 Å². The van der Waals surface area contributed by atoms with Crippen LogP contribution in [-0.4, -0.2) is 4.98 Å². The lowest BCUT2D eigenvalue weighted by molar-refractivity contribution is 0.628. The fourth-order valence-corrected chi connectivity index (χ4v) is 1.75. The van der Waals surface area contributed by atoms with Crippen LogP contribution in [0.15, 0.2) is 29.1 Å².